The van der Waals surface area contributed by atoms with Gasteiger partial charge in [0.25, 0.3) is 0 Å². The standard InChI is InChI=1S/C10H9F4NO2/c11-6-1-2-8(7(5-6)9(16)17)15-4-3-10(12,13)14/h1-2,5,15H,3-4H2,(H,16,17). The van der Waals surface area contributed by atoms with Crippen LogP contribution < -0.4 is 5.32 Å². The summed E-state index contributed by atoms with van der Waals surface area (Å²) < 4.78 is 48.3. The van der Waals surface area contributed by atoms with Crippen molar-refractivity contribution in [3.05, 3.63) is 29.6 Å². The zero-order valence-corrected chi connectivity index (χ0v) is 8.51. The normalized spacial score (nSPS) is 11.3. The fraction of sp³-hybridized carbons (Fsp3) is 0.300. The van der Waals surface area contributed by atoms with Crippen LogP contribution in [0, 0.1) is 5.82 Å². The highest BCUT2D eigenvalue weighted by molar-refractivity contribution is 5.94. The summed E-state index contributed by atoms with van der Waals surface area (Å²) in [4.78, 5) is 10.7. The summed E-state index contributed by atoms with van der Waals surface area (Å²) in [6.07, 6.45) is -5.42. The summed E-state index contributed by atoms with van der Waals surface area (Å²) in [6.45, 7) is -0.463. The van der Waals surface area contributed by atoms with Crippen molar-refractivity contribution < 1.29 is 27.5 Å². The highest BCUT2D eigenvalue weighted by Crippen LogP contribution is 2.21. The van der Waals surface area contributed by atoms with E-state index < -0.39 is 36.5 Å². The molecule has 0 aliphatic heterocycles. The van der Waals surface area contributed by atoms with E-state index in [0.29, 0.717) is 0 Å². The molecular formula is C10H9F4NO2. The summed E-state index contributed by atoms with van der Waals surface area (Å²) in [5.41, 5.74) is -0.435. The van der Waals surface area contributed by atoms with Crippen LogP contribution in [0.25, 0.3) is 0 Å². The number of aromatic carboxylic acids is 1. The molecular weight excluding hydrogens is 242 g/mol. The van der Waals surface area contributed by atoms with Gasteiger partial charge in [-0.15, -0.1) is 0 Å². The molecule has 0 saturated carbocycles. The van der Waals surface area contributed by atoms with E-state index in [1.807, 2.05) is 0 Å². The van der Waals surface area contributed by atoms with Crippen molar-refractivity contribution in [2.45, 2.75) is 12.6 Å². The van der Waals surface area contributed by atoms with E-state index in [1.54, 1.807) is 0 Å². The number of hydrogen-bond donors (Lipinski definition) is 2. The van der Waals surface area contributed by atoms with E-state index in [9.17, 15) is 22.4 Å². The van der Waals surface area contributed by atoms with E-state index in [1.165, 1.54) is 0 Å². The predicted molar refractivity (Wildman–Crippen MR) is 52.5 cm³/mol. The Bertz CT molecular complexity index is 417. The third kappa shape index (κ3) is 4.29. The Morgan fingerprint density at radius 1 is 1.35 bits per heavy atom. The van der Waals surface area contributed by atoms with Crippen molar-refractivity contribution in [3.8, 4) is 0 Å². The summed E-state index contributed by atoms with van der Waals surface area (Å²) in [5.74, 6) is -2.16. The number of hydrogen-bond acceptors (Lipinski definition) is 2. The first kappa shape index (κ1) is 13.3. The van der Waals surface area contributed by atoms with E-state index >= 15 is 0 Å². The number of alkyl halides is 3. The topological polar surface area (TPSA) is 49.3 Å². The Balaban J connectivity index is 2.74. The first-order chi connectivity index (χ1) is 7.79. The molecule has 0 fully saturated rings. The summed E-state index contributed by atoms with van der Waals surface area (Å²) in [7, 11) is 0. The molecule has 1 aromatic rings. The largest absolute Gasteiger partial charge is 0.478 e. The molecule has 0 radical (unpaired) electrons. The Kier molecular flexibility index (Phi) is 3.93. The number of benzene rings is 1. The minimum atomic E-state index is -4.32. The number of rotatable bonds is 4. The second kappa shape index (κ2) is 5.03. The van der Waals surface area contributed by atoms with Gasteiger partial charge < -0.3 is 10.4 Å². The Hall–Kier alpha value is -1.79. The number of halogens is 4. The van der Waals surface area contributed by atoms with E-state index in [4.69, 9.17) is 5.11 Å². The van der Waals surface area contributed by atoms with Crippen LogP contribution in [0.2, 0.25) is 0 Å². The molecule has 0 amide bonds. The van der Waals surface area contributed by atoms with Crippen LogP contribution in [0.15, 0.2) is 18.2 Å². The maximum atomic E-state index is 12.7. The molecule has 94 valence electrons. The second-order valence-corrected chi connectivity index (χ2v) is 3.29. The van der Waals surface area contributed by atoms with Crippen LogP contribution >= 0.6 is 0 Å². The average molecular weight is 251 g/mol. The molecule has 0 aromatic heterocycles. The van der Waals surface area contributed by atoms with Gasteiger partial charge in [-0.05, 0) is 18.2 Å². The number of carboxylic acids is 1. The molecule has 1 rings (SSSR count). The smallest absolute Gasteiger partial charge is 0.390 e. The minimum Gasteiger partial charge on any atom is -0.478 e. The Morgan fingerprint density at radius 3 is 2.53 bits per heavy atom. The Labute approximate surface area is 94.1 Å². The molecule has 0 heterocycles. The summed E-state index contributed by atoms with van der Waals surface area (Å²) in [6, 6.07) is 2.82. The molecule has 7 heteroatoms. The molecule has 0 unspecified atom stereocenters. The number of nitrogens with one attached hydrogen (secondary N) is 1. The van der Waals surface area contributed by atoms with Crippen molar-refractivity contribution in [1.29, 1.82) is 0 Å². The molecule has 0 spiro atoms. The fourth-order valence-corrected chi connectivity index (χ4v) is 1.19. The quantitative estimate of drug-likeness (QED) is 0.809. The molecule has 0 aliphatic rings. The van der Waals surface area contributed by atoms with Crippen LogP contribution in [-0.2, 0) is 0 Å². The zero-order valence-electron chi connectivity index (χ0n) is 8.51. The van der Waals surface area contributed by atoms with Crippen molar-refractivity contribution >= 4 is 11.7 Å². The number of anilines is 1. The molecule has 3 nitrogen and oxygen atoms in total. The lowest BCUT2D eigenvalue weighted by Crippen LogP contribution is -2.16. The van der Waals surface area contributed by atoms with Gasteiger partial charge in [0.2, 0.25) is 0 Å². The molecule has 0 saturated heterocycles. The molecule has 2 N–H and O–H groups in total. The third-order valence-corrected chi connectivity index (χ3v) is 1.94. The van der Waals surface area contributed by atoms with E-state index in [-0.39, 0.29) is 5.69 Å². The van der Waals surface area contributed by atoms with Crippen LogP contribution in [0.1, 0.15) is 16.8 Å². The van der Waals surface area contributed by atoms with Gasteiger partial charge in [0.05, 0.1) is 12.0 Å². The minimum absolute atomic E-state index is 0.0387. The first-order valence-corrected chi connectivity index (χ1v) is 4.63. The third-order valence-electron chi connectivity index (χ3n) is 1.94. The van der Waals surface area contributed by atoms with Gasteiger partial charge in [-0.2, -0.15) is 13.2 Å². The first-order valence-electron chi connectivity index (χ1n) is 4.63. The van der Waals surface area contributed by atoms with Gasteiger partial charge in [0.1, 0.15) is 5.82 Å². The number of carbonyl (C=O) groups is 1. The lowest BCUT2D eigenvalue weighted by Gasteiger charge is -2.11. The highest BCUT2D eigenvalue weighted by Gasteiger charge is 2.26. The van der Waals surface area contributed by atoms with Crippen molar-refractivity contribution in [1.82, 2.24) is 0 Å². The van der Waals surface area contributed by atoms with Crippen LogP contribution in [0.3, 0.4) is 0 Å². The maximum Gasteiger partial charge on any atom is 0.390 e. The van der Waals surface area contributed by atoms with Crippen molar-refractivity contribution in [2.24, 2.45) is 0 Å². The lowest BCUT2D eigenvalue weighted by molar-refractivity contribution is -0.131. The zero-order chi connectivity index (χ0) is 13.1. The average Bonchev–Trinajstić information content (AvgIpc) is 2.18. The van der Waals surface area contributed by atoms with Crippen molar-refractivity contribution in [2.75, 3.05) is 11.9 Å². The van der Waals surface area contributed by atoms with Crippen LogP contribution in [-0.4, -0.2) is 23.8 Å². The van der Waals surface area contributed by atoms with Crippen molar-refractivity contribution in [3.63, 3.8) is 0 Å². The van der Waals surface area contributed by atoms with Gasteiger partial charge in [0.15, 0.2) is 0 Å². The second-order valence-electron chi connectivity index (χ2n) is 3.29. The fourth-order valence-electron chi connectivity index (χ4n) is 1.19. The van der Waals surface area contributed by atoms with Crippen LogP contribution in [0.5, 0.6) is 0 Å². The molecule has 0 aliphatic carbocycles. The van der Waals surface area contributed by atoms with Gasteiger partial charge in [-0.25, -0.2) is 9.18 Å². The maximum absolute atomic E-state index is 12.7. The molecule has 1 aromatic carbocycles. The molecule has 0 bridgehead atoms. The molecule has 0 atom stereocenters. The van der Waals surface area contributed by atoms with E-state index in [2.05, 4.69) is 5.32 Å². The molecule has 17 heavy (non-hydrogen) atoms. The highest BCUT2D eigenvalue weighted by atomic mass is 19.4. The SMILES string of the molecule is O=C(O)c1cc(F)ccc1NCCC(F)(F)F. The number of carboxylic acid groups (broad SMARTS) is 1. The van der Waals surface area contributed by atoms with Gasteiger partial charge >= 0.3 is 12.1 Å². The van der Waals surface area contributed by atoms with Gasteiger partial charge in [0, 0.05) is 12.2 Å². The lowest BCUT2D eigenvalue weighted by atomic mass is 10.1. The van der Waals surface area contributed by atoms with E-state index in [0.717, 1.165) is 18.2 Å². The summed E-state index contributed by atoms with van der Waals surface area (Å²) >= 11 is 0. The summed E-state index contributed by atoms with van der Waals surface area (Å²) in [5, 5.41) is 11.0. The van der Waals surface area contributed by atoms with Gasteiger partial charge in [-0.1, -0.05) is 0 Å². The van der Waals surface area contributed by atoms with Crippen LogP contribution in [0.4, 0.5) is 23.2 Å². The Morgan fingerprint density at radius 2 is 2.00 bits per heavy atom. The predicted octanol–water partition coefficient (Wildman–Crippen LogP) is 2.89. The van der Waals surface area contributed by atoms with Gasteiger partial charge in [-0.3, -0.25) is 0 Å². The monoisotopic (exact) mass is 251 g/mol.